The summed E-state index contributed by atoms with van der Waals surface area (Å²) in [4.78, 5) is 15.3. The summed E-state index contributed by atoms with van der Waals surface area (Å²) in [5.74, 6) is -0.667. The Hall–Kier alpha value is -2.77. The standard InChI is InChI=1S/C13H11F2N5O/c14-9-3-8(4-10(15)5-9)1-2-16-11-6-12-18-19-13(21)20(12)7-17-11/h3-7,16H,1-2H2,(H,19,21). The number of anilines is 1. The minimum atomic E-state index is -0.597. The van der Waals surface area contributed by atoms with E-state index in [0.29, 0.717) is 30.0 Å². The summed E-state index contributed by atoms with van der Waals surface area (Å²) in [5, 5.41) is 9.13. The Morgan fingerprint density at radius 3 is 2.71 bits per heavy atom. The van der Waals surface area contributed by atoms with Crippen LogP contribution in [0, 0.1) is 11.6 Å². The number of halogens is 2. The zero-order chi connectivity index (χ0) is 14.8. The van der Waals surface area contributed by atoms with Crippen molar-refractivity contribution < 1.29 is 8.78 Å². The van der Waals surface area contributed by atoms with E-state index in [2.05, 4.69) is 20.5 Å². The molecule has 2 N–H and O–H groups in total. The highest BCUT2D eigenvalue weighted by molar-refractivity contribution is 5.48. The molecule has 0 fully saturated rings. The van der Waals surface area contributed by atoms with Crippen LogP contribution >= 0.6 is 0 Å². The van der Waals surface area contributed by atoms with Gasteiger partial charge in [0.25, 0.3) is 0 Å². The van der Waals surface area contributed by atoms with Gasteiger partial charge in [-0.15, -0.1) is 0 Å². The van der Waals surface area contributed by atoms with Crippen LogP contribution in [0.2, 0.25) is 0 Å². The number of aromatic amines is 1. The first-order chi connectivity index (χ1) is 10.1. The number of nitrogens with one attached hydrogen (secondary N) is 2. The molecular formula is C13H11F2N5O. The summed E-state index contributed by atoms with van der Waals surface area (Å²) in [6.07, 6.45) is 1.79. The number of H-pyrrole nitrogens is 1. The molecule has 1 aromatic carbocycles. The maximum absolute atomic E-state index is 13.0. The minimum absolute atomic E-state index is 0.362. The molecule has 108 valence electrons. The monoisotopic (exact) mass is 291 g/mol. The van der Waals surface area contributed by atoms with Crippen molar-refractivity contribution >= 4 is 11.5 Å². The normalized spacial score (nSPS) is 11.0. The van der Waals surface area contributed by atoms with Crippen molar-refractivity contribution in [1.82, 2.24) is 19.6 Å². The number of hydrogen-bond donors (Lipinski definition) is 2. The van der Waals surface area contributed by atoms with Gasteiger partial charge < -0.3 is 5.32 Å². The highest BCUT2D eigenvalue weighted by Crippen LogP contribution is 2.09. The molecule has 0 aliphatic heterocycles. The number of benzene rings is 1. The van der Waals surface area contributed by atoms with E-state index in [0.717, 1.165) is 6.07 Å². The maximum Gasteiger partial charge on any atom is 0.348 e. The van der Waals surface area contributed by atoms with E-state index in [-0.39, 0.29) is 5.69 Å². The van der Waals surface area contributed by atoms with Crippen LogP contribution in [0.1, 0.15) is 5.56 Å². The van der Waals surface area contributed by atoms with Crippen molar-refractivity contribution in [3.8, 4) is 0 Å². The summed E-state index contributed by atoms with van der Waals surface area (Å²) in [6.45, 7) is 0.445. The van der Waals surface area contributed by atoms with Gasteiger partial charge in [0.2, 0.25) is 0 Å². The molecule has 0 saturated carbocycles. The van der Waals surface area contributed by atoms with E-state index in [9.17, 15) is 13.6 Å². The molecule has 0 atom stereocenters. The largest absolute Gasteiger partial charge is 0.370 e. The summed E-state index contributed by atoms with van der Waals surface area (Å²) in [5.41, 5.74) is 0.630. The Kier molecular flexibility index (Phi) is 3.35. The molecule has 3 rings (SSSR count). The Bertz CT molecular complexity index is 822. The first-order valence-electron chi connectivity index (χ1n) is 6.23. The van der Waals surface area contributed by atoms with Crippen molar-refractivity contribution in [1.29, 1.82) is 0 Å². The van der Waals surface area contributed by atoms with Crippen LogP contribution in [-0.2, 0) is 6.42 Å². The highest BCUT2D eigenvalue weighted by Gasteiger charge is 2.03. The predicted molar refractivity (Wildman–Crippen MR) is 72.2 cm³/mol. The molecule has 0 amide bonds. The van der Waals surface area contributed by atoms with Crippen molar-refractivity contribution in [3.05, 3.63) is 58.3 Å². The average Bonchev–Trinajstić information content (AvgIpc) is 2.79. The van der Waals surface area contributed by atoms with E-state index in [1.165, 1.54) is 22.9 Å². The molecule has 0 radical (unpaired) electrons. The lowest BCUT2D eigenvalue weighted by Gasteiger charge is -2.06. The topological polar surface area (TPSA) is 75.1 Å². The second-order valence-corrected chi connectivity index (χ2v) is 4.49. The molecule has 21 heavy (non-hydrogen) atoms. The zero-order valence-electron chi connectivity index (χ0n) is 10.8. The summed E-state index contributed by atoms with van der Waals surface area (Å²) in [7, 11) is 0. The molecule has 0 bridgehead atoms. The van der Waals surface area contributed by atoms with Crippen LogP contribution < -0.4 is 11.0 Å². The van der Waals surface area contributed by atoms with Gasteiger partial charge in [-0.05, 0) is 24.1 Å². The van der Waals surface area contributed by atoms with Crippen molar-refractivity contribution in [2.45, 2.75) is 6.42 Å². The Morgan fingerprint density at radius 1 is 1.19 bits per heavy atom. The number of rotatable bonds is 4. The maximum atomic E-state index is 13.0. The lowest BCUT2D eigenvalue weighted by Crippen LogP contribution is -2.11. The second kappa shape index (κ2) is 5.31. The molecule has 6 nitrogen and oxygen atoms in total. The molecule has 0 saturated heterocycles. The summed E-state index contributed by atoms with van der Waals surface area (Å²) in [6, 6.07) is 5.01. The first kappa shape index (κ1) is 13.2. The summed E-state index contributed by atoms with van der Waals surface area (Å²) >= 11 is 0. The van der Waals surface area contributed by atoms with E-state index in [4.69, 9.17) is 0 Å². The van der Waals surface area contributed by atoms with Crippen molar-refractivity contribution in [3.63, 3.8) is 0 Å². The Morgan fingerprint density at radius 2 is 1.95 bits per heavy atom. The molecule has 2 aromatic heterocycles. The van der Waals surface area contributed by atoms with Crippen LogP contribution in [0.25, 0.3) is 5.65 Å². The molecule has 0 aliphatic rings. The molecule has 0 aliphatic carbocycles. The van der Waals surface area contributed by atoms with Gasteiger partial charge >= 0.3 is 5.69 Å². The fourth-order valence-corrected chi connectivity index (χ4v) is 2.00. The third kappa shape index (κ3) is 2.88. The third-order valence-corrected chi connectivity index (χ3v) is 2.95. The zero-order valence-corrected chi connectivity index (χ0v) is 10.8. The van der Waals surface area contributed by atoms with Crippen molar-refractivity contribution in [2.24, 2.45) is 0 Å². The van der Waals surface area contributed by atoms with Crippen molar-refractivity contribution in [2.75, 3.05) is 11.9 Å². The number of nitrogens with zero attached hydrogens (tertiary/aromatic N) is 3. The molecule has 3 aromatic rings. The van der Waals surface area contributed by atoms with E-state index in [1.54, 1.807) is 6.07 Å². The van der Waals surface area contributed by atoms with Crippen LogP contribution in [0.3, 0.4) is 0 Å². The quantitative estimate of drug-likeness (QED) is 0.761. The van der Waals surface area contributed by atoms with Gasteiger partial charge in [0.05, 0.1) is 0 Å². The van der Waals surface area contributed by atoms with Crippen LogP contribution in [-0.4, -0.2) is 26.1 Å². The lowest BCUT2D eigenvalue weighted by molar-refractivity contribution is 0.580. The number of fused-ring (bicyclic) bond motifs is 1. The molecular weight excluding hydrogens is 280 g/mol. The molecule has 0 unspecified atom stereocenters. The van der Waals surface area contributed by atoms with Crippen LogP contribution in [0.5, 0.6) is 0 Å². The SMILES string of the molecule is O=c1[nH]nc2cc(NCCc3cc(F)cc(F)c3)ncn12. The van der Waals surface area contributed by atoms with E-state index < -0.39 is 11.6 Å². The average molecular weight is 291 g/mol. The molecule has 0 spiro atoms. The van der Waals surface area contributed by atoms with Gasteiger partial charge in [-0.2, -0.15) is 5.10 Å². The van der Waals surface area contributed by atoms with Gasteiger partial charge in [-0.1, -0.05) is 0 Å². The van der Waals surface area contributed by atoms with Crippen LogP contribution in [0.4, 0.5) is 14.6 Å². The van der Waals surface area contributed by atoms with E-state index >= 15 is 0 Å². The van der Waals surface area contributed by atoms with Gasteiger partial charge in [-0.3, -0.25) is 0 Å². The highest BCUT2D eigenvalue weighted by atomic mass is 19.1. The number of hydrogen-bond acceptors (Lipinski definition) is 4. The smallest absolute Gasteiger partial charge is 0.348 e. The predicted octanol–water partition coefficient (Wildman–Crippen LogP) is 1.35. The second-order valence-electron chi connectivity index (χ2n) is 4.49. The fourth-order valence-electron chi connectivity index (χ4n) is 2.00. The van der Waals surface area contributed by atoms with Gasteiger partial charge in [0.1, 0.15) is 23.8 Å². The summed E-state index contributed by atoms with van der Waals surface area (Å²) < 4.78 is 27.3. The number of aromatic nitrogens is 4. The molecule has 2 heterocycles. The first-order valence-corrected chi connectivity index (χ1v) is 6.23. The Labute approximate surface area is 117 Å². The van der Waals surface area contributed by atoms with Gasteiger partial charge in [-0.25, -0.2) is 28.1 Å². The molecule has 8 heteroatoms. The van der Waals surface area contributed by atoms with E-state index in [1.807, 2.05) is 0 Å². The Balaban J connectivity index is 1.67. The van der Waals surface area contributed by atoms with Gasteiger partial charge in [0, 0.05) is 18.7 Å². The fraction of sp³-hybridized carbons (Fsp3) is 0.154. The third-order valence-electron chi connectivity index (χ3n) is 2.95. The van der Waals surface area contributed by atoms with Crippen LogP contribution in [0.15, 0.2) is 35.4 Å². The van der Waals surface area contributed by atoms with Gasteiger partial charge in [0.15, 0.2) is 5.65 Å². The lowest BCUT2D eigenvalue weighted by atomic mass is 10.1. The minimum Gasteiger partial charge on any atom is -0.370 e.